The molecule has 1 aliphatic rings. The lowest BCUT2D eigenvalue weighted by Gasteiger charge is -2.29. The van der Waals surface area contributed by atoms with Crippen LogP contribution in [0.25, 0.3) is 0 Å². The van der Waals surface area contributed by atoms with Crippen LogP contribution in [-0.4, -0.2) is 17.3 Å². The molecular formula is C15H22O2. The Kier molecular flexibility index (Phi) is 3.85. The van der Waals surface area contributed by atoms with Crippen LogP contribution in [0.5, 0.6) is 0 Å². The predicted molar refractivity (Wildman–Crippen MR) is 69.0 cm³/mol. The second kappa shape index (κ2) is 5.19. The lowest BCUT2D eigenvalue weighted by molar-refractivity contribution is -0.0796. The van der Waals surface area contributed by atoms with Gasteiger partial charge in [0, 0.05) is 6.61 Å². The third-order valence-electron chi connectivity index (χ3n) is 3.63. The van der Waals surface area contributed by atoms with Crippen molar-refractivity contribution in [1.29, 1.82) is 0 Å². The molecule has 0 radical (unpaired) electrons. The Bertz CT molecular complexity index is 367. The quantitative estimate of drug-likeness (QED) is 0.866. The summed E-state index contributed by atoms with van der Waals surface area (Å²) >= 11 is 0. The van der Waals surface area contributed by atoms with Crippen molar-refractivity contribution < 1.29 is 9.84 Å². The molecule has 0 spiro atoms. The van der Waals surface area contributed by atoms with Gasteiger partial charge in [0.1, 0.15) is 6.10 Å². The maximum Gasteiger partial charge on any atom is 0.108 e. The summed E-state index contributed by atoms with van der Waals surface area (Å²) in [7, 11) is 0. The largest absolute Gasteiger partial charge is 0.385 e. The zero-order valence-corrected chi connectivity index (χ0v) is 10.8. The van der Waals surface area contributed by atoms with E-state index in [0.29, 0.717) is 0 Å². The first-order valence-corrected chi connectivity index (χ1v) is 6.56. The molecule has 94 valence electrons. The average Bonchev–Trinajstić information content (AvgIpc) is 2.77. The molecule has 2 unspecified atom stereocenters. The van der Waals surface area contributed by atoms with Gasteiger partial charge in [0.15, 0.2) is 0 Å². The summed E-state index contributed by atoms with van der Waals surface area (Å²) in [6.45, 7) is 4.95. The highest BCUT2D eigenvalue weighted by molar-refractivity contribution is 5.27. The van der Waals surface area contributed by atoms with E-state index >= 15 is 0 Å². The second-order valence-corrected chi connectivity index (χ2v) is 5.16. The fourth-order valence-corrected chi connectivity index (χ4v) is 2.58. The number of ether oxygens (including phenoxy) is 1. The van der Waals surface area contributed by atoms with E-state index in [4.69, 9.17) is 4.74 Å². The molecule has 1 aromatic carbocycles. The minimum absolute atomic E-state index is 0.398. The number of benzene rings is 1. The Morgan fingerprint density at radius 3 is 2.94 bits per heavy atom. The van der Waals surface area contributed by atoms with Crippen molar-refractivity contribution >= 4 is 0 Å². The maximum atomic E-state index is 10.4. The molecule has 0 amide bonds. The molecule has 0 aromatic heterocycles. The Morgan fingerprint density at radius 2 is 2.29 bits per heavy atom. The first-order valence-electron chi connectivity index (χ1n) is 6.56. The molecule has 0 bridgehead atoms. The van der Waals surface area contributed by atoms with Crippen molar-refractivity contribution in [1.82, 2.24) is 0 Å². The molecule has 1 fully saturated rings. The summed E-state index contributed by atoms with van der Waals surface area (Å²) in [4.78, 5) is 0. The molecule has 1 heterocycles. The van der Waals surface area contributed by atoms with Gasteiger partial charge in [0.25, 0.3) is 0 Å². The van der Waals surface area contributed by atoms with Gasteiger partial charge in [-0.25, -0.2) is 0 Å². The molecule has 1 aliphatic heterocycles. The van der Waals surface area contributed by atoms with Crippen LogP contribution >= 0.6 is 0 Å². The summed E-state index contributed by atoms with van der Waals surface area (Å²) in [6, 6.07) is 8.26. The minimum Gasteiger partial charge on any atom is -0.385 e. The molecule has 1 N–H and O–H groups in total. The highest BCUT2D eigenvalue weighted by Crippen LogP contribution is 2.37. The Balaban J connectivity index is 2.18. The minimum atomic E-state index is -0.512. The molecule has 2 atom stereocenters. The lowest BCUT2D eigenvalue weighted by atomic mass is 9.89. The Labute approximate surface area is 104 Å². The zero-order valence-electron chi connectivity index (χ0n) is 10.8. The molecule has 1 saturated heterocycles. The average molecular weight is 234 g/mol. The summed E-state index contributed by atoms with van der Waals surface area (Å²) in [5.74, 6) is 0. The number of aliphatic hydroxyl groups excluding tert-OH is 1. The molecule has 17 heavy (non-hydrogen) atoms. The van der Waals surface area contributed by atoms with Crippen LogP contribution in [-0.2, 0) is 11.2 Å². The van der Waals surface area contributed by atoms with Crippen LogP contribution in [0.15, 0.2) is 24.3 Å². The van der Waals surface area contributed by atoms with Crippen molar-refractivity contribution in [2.75, 3.05) is 6.61 Å². The third-order valence-corrected chi connectivity index (χ3v) is 3.63. The van der Waals surface area contributed by atoms with Crippen molar-refractivity contribution in [3.05, 3.63) is 35.4 Å². The number of rotatable bonds is 4. The van der Waals surface area contributed by atoms with E-state index in [1.807, 2.05) is 19.1 Å². The van der Waals surface area contributed by atoms with E-state index in [2.05, 4.69) is 19.1 Å². The summed E-state index contributed by atoms with van der Waals surface area (Å²) in [6.07, 6.45) is 3.67. The van der Waals surface area contributed by atoms with E-state index in [0.717, 1.165) is 37.9 Å². The van der Waals surface area contributed by atoms with E-state index in [1.165, 1.54) is 5.56 Å². The van der Waals surface area contributed by atoms with Crippen LogP contribution in [0, 0.1) is 0 Å². The van der Waals surface area contributed by atoms with E-state index in [1.54, 1.807) is 0 Å². The molecule has 0 saturated carbocycles. The van der Waals surface area contributed by atoms with Crippen LogP contribution in [0.2, 0.25) is 0 Å². The van der Waals surface area contributed by atoms with Gasteiger partial charge >= 0.3 is 0 Å². The normalized spacial score (nSPS) is 26.1. The van der Waals surface area contributed by atoms with Crippen molar-refractivity contribution in [2.45, 2.75) is 51.2 Å². The number of aryl methyl sites for hydroxylation is 1. The second-order valence-electron chi connectivity index (χ2n) is 5.16. The van der Waals surface area contributed by atoms with Gasteiger partial charge in [0.05, 0.1) is 5.60 Å². The van der Waals surface area contributed by atoms with Gasteiger partial charge < -0.3 is 9.84 Å². The van der Waals surface area contributed by atoms with Crippen molar-refractivity contribution in [2.24, 2.45) is 0 Å². The number of aliphatic hydroxyl groups is 1. The molecule has 0 aliphatic carbocycles. The van der Waals surface area contributed by atoms with Crippen LogP contribution < -0.4 is 0 Å². The van der Waals surface area contributed by atoms with Crippen LogP contribution in [0.4, 0.5) is 0 Å². The highest BCUT2D eigenvalue weighted by atomic mass is 16.5. The summed E-state index contributed by atoms with van der Waals surface area (Å²) in [5, 5.41) is 10.4. The first kappa shape index (κ1) is 12.6. The van der Waals surface area contributed by atoms with Gasteiger partial charge in [-0.05, 0) is 37.3 Å². The van der Waals surface area contributed by atoms with Crippen LogP contribution in [0.3, 0.4) is 0 Å². The zero-order chi connectivity index (χ0) is 12.3. The molecule has 2 nitrogen and oxygen atoms in total. The molecule has 2 heteroatoms. The smallest absolute Gasteiger partial charge is 0.108 e. The lowest BCUT2D eigenvalue weighted by Crippen LogP contribution is -2.31. The van der Waals surface area contributed by atoms with Gasteiger partial charge in [-0.2, -0.15) is 0 Å². The van der Waals surface area contributed by atoms with Gasteiger partial charge in [0.2, 0.25) is 0 Å². The molecular weight excluding hydrogens is 212 g/mol. The summed E-state index contributed by atoms with van der Waals surface area (Å²) in [5.41, 5.74) is 1.89. The van der Waals surface area contributed by atoms with Gasteiger partial charge in [-0.1, -0.05) is 37.6 Å². The molecule has 1 aromatic rings. The molecule has 2 rings (SSSR count). The van der Waals surface area contributed by atoms with E-state index in [-0.39, 0.29) is 0 Å². The highest BCUT2D eigenvalue weighted by Gasteiger charge is 2.38. The first-order chi connectivity index (χ1) is 8.15. The number of hydrogen-bond donors (Lipinski definition) is 1. The Hall–Kier alpha value is -0.860. The van der Waals surface area contributed by atoms with E-state index < -0.39 is 11.7 Å². The number of hydrogen-bond acceptors (Lipinski definition) is 2. The standard InChI is InChI=1S/C15H22O2/c1-3-6-12-7-4-8-13(11-12)14(16)15(2)9-5-10-17-15/h4,7-8,11,14,16H,3,5-6,9-10H2,1-2H3. The fourth-order valence-electron chi connectivity index (χ4n) is 2.58. The fraction of sp³-hybridized carbons (Fsp3) is 0.600. The summed E-state index contributed by atoms with van der Waals surface area (Å²) < 4.78 is 5.71. The topological polar surface area (TPSA) is 29.5 Å². The van der Waals surface area contributed by atoms with Gasteiger partial charge in [-0.3, -0.25) is 0 Å². The predicted octanol–water partition coefficient (Wildman–Crippen LogP) is 3.24. The third kappa shape index (κ3) is 2.70. The van der Waals surface area contributed by atoms with Crippen LogP contribution in [0.1, 0.15) is 50.3 Å². The van der Waals surface area contributed by atoms with Gasteiger partial charge in [-0.15, -0.1) is 0 Å². The van der Waals surface area contributed by atoms with Crippen molar-refractivity contribution in [3.8, 4) is 0 Å². The Morgan fingerprint density at radius 1 is 1.47 bits per heavy atom. The monoisotopic (exact) mass is 234 g/mol. The van der Waals surface area contributed by atoms with Crippen molar-refractivity contribution in [3.63, 3.8) is 0 Å². The van der Waals surface area contributed by atoms with E-state index in [9.17, 15) is 5.11 Å². The SMILES string of the molecule is CCCc1cccc(C(O)C2(C)CCCO2)c1. The maximum absolute atomic E-state index is 10.4.